The highest BCUT2D eigenvalue weighted by atomic mass is 16.5. The third kappa shape index (κ3) is 2.99. The van der Waals surface area contributed by atoms with Crippen LogP contribution in [0.25, 0.3) is 10.9 Å². The third-order valence-electron chi connectivity index (χ3n) is 3.51. The van der Waals surface area contributed by atoms with Crippen molar-refractivity contribution < 1.29 is 4.74 Å². The Kier molecular flexibility index (Phi) is 4.27. The third-order valence-corrected chi connectivity index (χ3v) is 3.51. The van der Waals surface area contributed by atoms with Gasteiger partial charge in [0.15, 0.2) is 0 Å². The number of aromatic nitrogens is 1. The lowest BCUT2D eigenvalue weighted by Crippen LogP contribution is -2.21. The van der Waals surface area contributed by atoms with Gasteiger partial charge in [0.1, 0.15) is 5.75 Å². The molecule has 3 nitrogen and oxygen atoms in total. The van der Waals surface area contributed by atoms with Crippen LogP contribution in [-0.2, 0) is 6.42 Å². The fraction of sp³-hybridized carbons (Fsp3) is 0.375. The molecule has 0 atom stereocenters. The number of hydrogen-bond donors (Lipinski definition) is 1. The van der Waals surface area contributed by atoms with E-state index in [-0.39, 0.29) is 0 Å². The number of ether oxygens (including phenoxy) is 1. The summed E-state index contributed by atoms with van der Waals surface area (Å²) in [4.78, 5) is 5.71. The summed E-state index contributed by atoms with van der Waals surface area (Å²) in [7, 11) is 3.82. The predicted molar refractivity (Wildman–Crippen MR) is 81.0 cm³/mol. The molecule has 3 heteroatoms. The Morgan fingerprint density at radius 2 is 2.21 bits per heavy atom. The van der Waals surface area contributed by atoms with E-state index in [1.807, 2.05) is 12.1 Å². The molecule has 0 unspecified atom stereocenters. The van der Waals surface area contributed by atoms with Gasteiger partial charge in [0, 0.05) is 29.7 Å². The summed E-state index contributed by atoms with van der Waals surface area (Å²) in [5.74, 6) is 0.909. The molecule has 2 rings (SSSR count). The molecule has 0 aliphatic rings. The first-order chi connectivity index (χ1) is 9.15. The average Bonchev–Trinajstić information content (AvgIpc) is 2.71. The molecule has 1 aromatic carbocycles. The van der Waals surface area contributed by atoms with Gasteiger partial charge in [0.05, 0.1) is 7.11 Å². The highest BCUT2D eigenvalue weighted by Gasteiger charge is 2.10. The molecule has 0 bridgehead atoms. The van der Waals surface area contributed by atoms with Gasteiger partial charge in [0.2, 0.25) is 0 Å². The molecule has 0 aliphatic carbocycles. The fourth-order valence-electron chi connectivity index (χ4n) is 2.42. The molecule has 1 aromatic heterocycles. The minimum absolute atomic E-state index is 0.909. The number of aromatic amines is 1. The summed E-state index contributed by atoms with van der Waals surface area (Å²) < 4.78 is 5.31. The van der Waals surface area contributed by atoms with Gasteiger partial charge in [-0.3, -0.25) is 0 Å². The van der Waals surface area contributed by atoms with Gasteiger partial charge in [-0.25, -0.2) is 0 Å². The summed E-state index contributed by atoms with van der Waals surface area (Å²) >= 11 is 0. The van der Waals surface area contributed by atoms with Gasteiger partial charge < -0.3 is 14.6 Å². The largest absolute Gasteiger partial charge is 0.497 e. The van der Waals surface area contributed by atoms with E-state index >= 15 is 0 Å². The van der Waals surface area contributed by atoms with Crippen molar-refractivity contribution in [3.8, 4) is 5.75 Å². The van der Waals surface area contributed by atoms with Crippen molar-refractivity contribution in [2.45, 2.75) is 13.3 Å². The number of hydrogen-bond acceptors (Lipinski definition) is 2. The smallest absolute Gasteiger partial charge is 0.119 e. The zero-order valence-electron chi connectivity index (χ0n) is 12.0. The summed E-state index contributed by atoms with van der Waals surface area (Å²) in [5, 5.41) is 1.27. The Bertz CT molecular complexity index is 571. The maximum atomic E-state index is 5.31. The summed E-state index contributed by atoms with van der Waals surface area (Å²) in [6.07, 6.45) is 2.97. The van der Waals surface area contributed by atoms with Gasteiger partial charge in [-0.2, -0.15) is 0 Å². The van der Waals surface area contributed by atoms with E-state index in [1.165, 1.54) is 22.2 Å². The lowest BCUT2D eigenvalue weighted by molar-refractivity contribution is 0.375. The number of likely N-dealkylation sites (N-methyl/N-ethyl adjacent to an activating group) is 1. The summed E-state index contributed by atoms with van der Waals surface area (Å²) in [6.45, 7) is 7.85. The minimum atomic E-state index is 0.909. The minimum Gasteiger partial charge on any atom is -0.497 e. The lowest BCUT2D eigenvalue weighted by atomic mass is 10.1. The van der Waals surface area contributed by atoms with E-state index in [0.29, 0.717) is 0 Å². The van der Waals surface area contributed by atoms with Crippen LogP contribution in [0.4, 0.5) is 0 Å². The monoisotopic (exact) mass is 258 g/mol. The topological polar surface area (TPSA) is 28.3 Å². The molecule has 1 heterocycles. The second-order valence-electron chi connectivity index (χ2n) is 4.94. The van der Waals surface area contributed by atoms with Crippen LogP contribution in [0.1, 0.15) is 11.3 Å². The van der Waals surface area contributed by atoms with Crippen molar-refractivity contribution >= 4 is 10.9 Å². The number of aryl methyl sites for hydroxylation is 1. The van der Waals surface area contributed by atoms with Crippen molar-refractivity contribution in [1.82, 2.24) is 9.88 Å². The molecule has 0 spiro atoms. The molecule has 1 N–H and O–H groups in total. The second-order valence-corrected chi connectivity index (χ2v) is 4.94. The van der Waals surface area contributed by atoms with Crippen LogP contribution in [0.15, 0.2) is 30.9 Å². The summed E-state index contributed by atoms with van der Waals surface area (Å²) in [5.41, 5.74) is 3.81. The van der Waals surface area contributed by atoms with Crippen molar-refractivity contribution in [1.29, 1.82) is 0 Å². The van der Waals surface area contributed by atoms with E-state index < -0.39 is 0 Å². The first kappa shape index (κ1) is 13.7. The molecule has 0 saturated heterocycles. The first-order valence-corrected chi connectivity index (χ1v) is 6.60. The zero-order valence-corrected chi connectivity index (χ0v) is 12.0. The Morgan fingerprint density at radius 1 is 1.42 bits per heavy atom. The van der Waals surface area contributed by atoms with Crippen LogP contribution >= 0.6 is 0 Å². The normalized spacial score (nSPS) is 11.2. The van der Waals surface area contributed by atoms with Gasteiger partial charge in [-0.05, 0) is 44.2 Å². The number of nitrogens with zero attached hydrogens (tertiary/aromatic N) is 1. The zero-order chi connectivity index (χ0) is 13.8. The van der Waals surface area contributed by atoms with Gasteiger partial charge in [-0.15, -0.1) is 6.58 Å². The fourth-order valence-corrected chi connectivity index (χ4v) is 2.42. The second kappa shape index (κ2) is 5.93. The first-order valence-electron chi connectivity index (χ1n) is 6.60. The van der Waals surface area contributed by atoms with Crippen LogP contribution in [0.2, 0.25) is 0 Å². The maximum absolute atomic E-state index is 5.31. The van der Waals surface area contributed by atoms with Crippen LogP contribution in [-0.4, -0.2) is 37.1 Å². The summed E-state index contributed by atoms with van der Waals surface area (Å²) in [6, 6.07) is 6.19. The molecule has 19 heavy (non-hydrogen) atoms. The van der Waals surface area contributed by atoms with Gasteiger partial charge >= 0.3 is 0 Å². The molecular weight excluding hydrogens is 236 g/mol. The van der Waals surface area contributed by atoms with Crippen molar-refractivity contribution in [3.63, 3.8) is 0 Å². The van der Waals surface area contributed by atoms with E-state index in [0.717, 1.165) is 25.3 Å². The standard InChI is InChI=1S/C16H22N2O/c1-5-9-18(3)10-8-14-12(2)17-16-7-6-13(19-4)11-15(14)16/h5-7,11,17H,1,8-10H2,2-4H3. The van der Waals surface area contributed by atoms with Gasteiger partial charge in [-0.1, -0.05) is 6.08 Å². The molecule has 2 aromatic rings. The molecule has 102 valence electrons. The molecule has 0 saturated carbocycles. The Hall–Kier alpha value is -1.74. The van der Waals surface area contributed by atoms with E-state index in [1.54, 1.807) is 7.11 Å². The maximum Gasteiger partial charge on any atom is 0.119 e. The van der Waals surface area contributed by atoms with Crippen LogP contribution in [0.5, 0.6) is 5.75 Å². The van der Waals surface area contributed by atoms with Gasteiger partial charge in [0.25, 0.3) is 0 Å². The van der Waals surface area contributed by atoms with E-state index in [9.17, 15) is 0 Å². The number of nitrogens with one attached hydrogen (secondary N) is 1. The molecule has 0 radical (unpaired) electrons. The molecule has 0 aliphatic heterocycles. The van der Waals surface area contributed by atoms with Crippen LogP contribution < -0.4 is 4.74 Å². The molecule has 0 fully saturated rings. The lowest BCUT2D eigenvalue weighted by Gasteiger charge is -2.14. The number of H-pyrrole nitrogens is 1. The number of rotatable bonds is 6. The van der Waals surface area contributed by atoms with Crippen molar-refractivity contribution in [3.05, 3.63) is 42.1 Å². The number of fused-ring (bicyclic) bond motifs is 1. The Morgan fingerprint density at radius 3 is 2.89 bits per heavy atom. The van der Waals surface area contributed by atoms with Crippen LogP contribution in [0, 0.1) is 6.92 Å². The highest BCUT2D eigenvalue weighted by molar-refractivity contribution is 5.86. The highest BCUT2D eigenvalue weighted by Crippen LogP contribution is 2.26. The molecular formula is C16H22N2O. The predicted octanol–water partition coefficient (Wildman–Crippen LogP) is 3.15. The SMILES string of the molecule is C=CCN(C)CCc1c(C)[nH]c2ccc(OC)cc12. The van der Waals surface area contributed by atoms with E-state index in [2.05, 4.69) is 42.6 Å². The average molecular weight is 258 g/mol. The molecule has 0 amide bonds. The van der Waals surface area contributed by atoms with Crippen molar-refractivity contribution in [2.75, 3.05) is 27.2 Å². The quantitative estimate of drug-likeness (QED) is 0.806. The Labute approximate surface area is 114 Å². The van der Waals surface area contributed by atoms with E-state index in [4.69, 9.17) is 4.74 Å². The number of benzene rings is 1. The Balaban J connectivity index is 2.25. The van der Waals surface area contributed by atoms with Crippen molar-refractivity contribution in [2.24, 2.45) is 0 Å². The number of methoxy groups -OCH3 is 1. The van der Waals surface area contributed by atoms with Crippen LogP contribution in [0.3, 0.4) is 0 Å².